The number of nitrogens with one attached hydrogen (secondary N) is 2. The van der Waals surface area contributed by atoms with Crippen molar-refractivity contribution in [3.63, 3.8) is 0 Å². The SMILES string of the molecule is CCO[Si](CCCNC(=S)[S-])(OCC)OCC.CC[NH+](CC)CC. The summed E-state index contributed by atoms with van der Waals surface area (Å²) in [6.45, 7) is 18.9. The van der Waals surface area contributed by atoms with E-state index in [-0.39, 0.29) is 0 Å². The van der Waals surface area contributed by atoms with E-state index in [1.807, 2.05) is 20.8 Å². The smallest absolute Gasteiger partial charge is 0.412 e. The summed E-state index contributed by atoms with van der Waals surface area (Å²) in [6, 6.07) is 0.785. The Morgan fingerprint density at radius 3 is 1.58 bits per heavy atom. The molecule has 0 heterocycles. The third-order valence-electron chi connectivity index (χ3n) is 3.52. The maximum absolute atomic E-state index is 5.73. The standard InChI is InChI=1S/C10H23NO3S2Si.C6H15N/c1-4-12-17(13-5-2,14-6-3)9-7-8-11-10(15)16;1-4-7(5-2)6-3/h4-9H2,1-3H3,(H2,11,15,16);4-6H2,1-3H3. The van der Waals surface area contributed by atoms with Crippen LogP contribution < -0.4 is 10.2 Å². The van der Waals surface area contributed by atoms with E-state index in [0.717, 1.165) is 19.0 Å². The average Bonchev–Trinajstić information content (AvgIpc) is 2.54. The fourth-order valence-electron chi connectivity index (χ4n) is 2.25. The molecule has 0 atom stereocenters. The highest BCUT2D eigenvalue weighted by molar-refractivity contribution is 8.00. The summed E-state index contributed by atoms with van der Waals surface area (Å²) in [7, 11) is -2.48. The van der Waals surface area contributed by atoms with Crippen molar-refractivity contribution in [3.05, 3.63) is 0 Å². The molecule has 0 saturated carbocycles. The van der Waals surface area contributed by atoms with Crippen LogP contribution in [0.2, 0.25) is 6.04 Å². The molecule has 0 aliphatic rings. The molecule has 0 fully saturated rings. The molecule has 0 amide bonds. The zero-order valence-electron chi connectivity index (χ0n) is 16.4. The van der Waals surface area contributed by atoms with Gasteiger partial charge in [0.25, 0.3) is 0 Å². The second-order valence-electron chi connectivity index (χ2n) is 5.11. The van der Waals surface area contributed by atoms with E-state index in [2.05, 4.69) is 26.1 Å². The summed E-state index contributed by atoms with van der Waals surface area (Å²) in [4.78, 5) is 1.68. The molecule has 0 aromatic rings. The van der Waals surface area contributed by atoms with E-state index >= 15 is 0 Å². The summed E-state index contributed by atoms with van der Waals surface area (Å²) >= 11 is 9.55. The summed E-state index contributed by atoms with van der Waals surface area (Å²) < 4.78 is 17.6. The van der Waals surface area contributed by atoms with Crippen molar-refractivity contribution in [3.8, 4) is 0 Å². The van der Waals surface area contributed by atoms with Crippen molar-refractivity contribution in [1.29, 1.82) is 0 Å². The fourth-order valence-corrected chi connectivity index (χ4v) is 5.06. The average molecular weight is 399 g/mol. The molecule has 0 spiro atoms. The summed E-state index contributed by atoms with van der Waals surface area (Å²) in [5.41, 5.74) is 0. The van der Waals surface area contributed by atoms with Gasteiger partial charge in [-0.2, -0.15) is 0 Å². The normalized spacial score (nSPS) is 11.1. The quantitative estimate of drug-likeness (QED) is 0.213. The van der Waals surface area contributed by atoms with Gasteiger partial charge in [-0.3, -0.25) is 0 Å². The van der Waals surface area contributed by atoms with Crippen LogP contribution in [0.5, 0.6) is 0 Å². The Bertz CT molecular complexity index is 274. The van der Waals surface area contributed by atoms with E-state index in [9.17, 15) is 0 Å². The van der Waals surface area contributed by atoms with E-state index in [0.29, 0.717) is 24.1 Å². The second kappa shape index (κ2) is 18.0. The fraction of sp³-hybridized carbons (Fsp3) is 0.938. The van der Waals surface area contributed by atoms with E-state index < -0.39 is 8.80 Å². The lowest BCUT2D eigenvalue weighted by Gasteiger charge is -2.28. The number of thiocarbonyl (C=S) groups is 1. The molecule has 0 bridgehead atoms. The van der Waals surface area contributed by atoms with Crippen LogP contribution in [0.15, 0.2) is 0 Å². The third-order valence-corrected chi connectivity index (χ3v) is 6.96. The van der Waals surface area contributed by atoms with Crippen LogP contribution in [0.3, 0.4) is 0 Å². The third kappa shape index (κ3) is 14.5. The van der Waals surface area contributed by atoms with E-state index in [1.54, 1.807) is 4.90 Å². The molecule has 0 rings (SSSR count). The van der Waals surface area contributed by atoms with Gasteiger partial charge in [0.1, 0.15) is 0 Å². The van der Waals surface area contributed by atoms with Crippen LogP contribution in [-0.2, 0) is 25.9 Å². The molecule has 0 aliphatic carbocycles. The highest BCUT2D eigenvalue weighted by atomic mass is 32.1. The van der Waals surface area contributed by atoms with Crippen LogP contribution in [0, 0.1) is 0 Å². The maximum atomic E-state index is 5.73. The number of rotatable bonds is 13. The Hall–Kier alpha value is 0.167. The Morgan fingerprint density at radius 1 is 0.917 bits per heavy atom. The summed E-state index contributed by atoms with van der Waals surface area (Å²) in [5.74, 6) is 0. The van der Waals surface area contributed by atoms with Crippen LogP contribution >= 0.6 is 12.2 Å². The molecular formula is C16H38N2O3S2Si. The van der Waals surface area contributed by atoms with Crippen LogP contribution in [0.4, 0.5) is 0 Å². The maximum Gasteiger partial charge on any atom is 0.500 e. The Balaban J connectivity index is 0. The topological polar surface area (TPSA) is 44.2 Å². The molecule has 0 aromatic heterocycles. The van der Waals surface area contributed by atoms with Gasteiger partial charge in [0, 0.05) is 32.4 Å². The largest absolute Gasteiger partial charge is 0.500 e. The van der Waals surface area contributed by atoms with Gasteiger partial charge in [-0.1, -0.05) is 4.32 Å². The Morgan fingerprint density at radius 2 is 1.33 bits per heavy atom. The van der Waals surface area contributed by atoms with Crippen LogP contribution in [-0.4, -0.2) is 59.1 Å². The van der Waals surface area contributed by atoms with E-state index in [4.69, 9.17) is 38.1 Å². The minimum absolute atomic E-state index is 0.404. The first kappa shape index (κ1) is 26.4. The minimum Gasteiger partial charge on any atom is -0.412 e. The Labute approximate surface area is 161 Å². The van der Waals surface area contributed by atoms with Crippen LogP contribution in [0.25, 0.3) is 0 Å². The second-order valence-corrected chi connectivity index (χ2v) is 8.92. The lowest BCUT2D eigenvalue weighted by Crippen LogP contribution is -3.11. The highest BCUT2D eigenvalue weighted by Gasteiger charge is 2.39. The lowest BCUT2D eigenvalue weighted by atomic mass is 10.5. The predicted octanol–water partition coefficient (Wildman–Crippen LogP) is 1.78. The molecule has 0 radical (unpaired) electrons. The van der Waals surface area contributed by atoms with E-state index in [1.165, 1.54) is 19.6 Å². The van der Waals surface area contributed by atoms with Crippen molar-refractivity contribution >= 4 is 38.0 Å². The number of hydrogen-bond acceptors (Lipinski definition) is 5. The molecule has 5 nitrogen and oxygen atoms in total. The zero-order chi connectivity index (χ0) is 18.8. The molecule has 0 aliphatic heterocycles. The van der Waals surface area contributed by atoms with Gasteiger partial charge in [0.05, 0.1) is 19.6 Å². The molecule has 0 unspecified atom stereocenters. The van der Waals surface area contributed by atoms with Crippen molar-refractivity contribution < 1.29 is 18.2 Å². The molecule has 2 N–H and O–H groups in total. The van der Waals surface area contributed by atoms with Gasteiger partial charge in [-0.25, -0.2) is 0 Å². The number of quaternary nitrogens is 1. The minimum atomic E-state index is -2.48. The van der Waals surface area contributed by atoms with Crippen molar-refractivity contribution in [2.45, 2.75) is 54.0 Å². The highest BCUT2D eigenvalue weighted by Crippen LogP contribution is 2.17. The summed E-state index contributed by atoms with van der Waals surface area (Å²) in [6.07, 6.45) is 0.878. The van der Waals surface area contributed by atoms with Crippen molar-refractivity contribution in [2.24, 2.45) is 0 Å². The van der Waals surface area contributed by atoms with Gasteiger partial charge in [0.2, 0.25) is 0 Å². The monoisotopic (exact) mass is 398 g/mol. The first-order chi connectivity index (χ1) is 11.4. The predicted molar refractivity (Wildman–Crippen MR) is 111 cm³/mol. The molecule has 0 aromatic carbocycles. The van der Waals surface area contributed by atoms with Gasteiger partial charge in [-0.05, 0) is 48.0 Å². The van der Waals surface area contributed by atoms with Gasteiger partial charge in [-0.15, -0.1) is 0 Å². The lowest BCUT2D eigenvalue weighted by molar-refractivity contribution is -0.894. The first-order valence-electron chi connectivity index (χ1n) is 9.15. The molecule has 146 valence electrons. The molecule has 24 heavy (non-hydrogen) atoms. The molecule has 8 heteroatoms. The first-order valence-corrected chi connectivity index (χ1v) is 11.9. The molecular weight excluding hydrogens is 360 g/mol. The number of hydrogen-bond donors (Lipinski definition) is 2. The van der Waals surface area contributed by atoms with Gasteiger partial charge in [0.15, 0.2) is 0 Å². The zero-order valence-corrected chi connectivity index (χ0v) is 19.0. The molecule has 0 saturated heterocycles. The van der Waals surface area contributed by atoms with Gasteiger partial charge < -0.3 is 48.3 Å². The van der Waals surface area contributed by atoms with Crippen LogP contribution in [0.1, 0.15) is 48.0 Å². The van der Waals surface area contributed by atoms with Crippen molar-refractivity contribution in [2.75, 3.05) is 46.0 Å². The van der Waals surface area contributed by atoms with Gasteiger partial charge >= 0.3 is 8.80 Å². The Kier molecular flexibility index (Phi) is 19.8. The summed E-state index contributed by atoms with van der Waals surface area (Å²) in [5, 5.41) is 2.95. The van der Waals surface area contributed by atoms with Crippen molar-refractivity contribution in [1.82, 2.24) is 5.32 Å².